The van der Waals surface area contributed by atoms with Crippen LogP contribution in [-0.4, -0.2) is 60.1 Å². The molecule has 2 aromatic carbocycles. The first kappa shape index (κ1) is 29.6. The van der Waals surface area contributed by atoms with E-state index in [0.717, 1.165) is 29.5 Å². The molecule has 0 saturated carbocycles. The zero-order chi connectivity index (χ0) is 31.8. The summed E-state index contributed by atoms with van der Waals surface area (Å²) >= 11 is 0. The number of fused-ring (bicyclic) bond motifs is 1. The van der Waals surface area contributed by atoms with Gasteiger partial charge in [0, 0.05) is 39.3 Å². The van der Waals surface area contributed by atoms with Gasteiger partial charge in [-0.05, 0) is 61.1 Å². The molecule has 0 bridgehead atoms. The Balaban J connectivity index is 0.981. The van der Waals surface area contributed by atoms with Crippen molar-refractivity contribution in [2.75, 3.05) is 59.3 Å². The highest BCUT2D eigenvalue weighted by molar-refractivity contribution is 6.03. The number of carbonyl (C=O) groups is 1. The average molecular weight is 632 g/mol. The molecule has 46 heavy (non-hydrogen) atoms. The Labute approximate surface area is 262 Å². The van der Waals surface area contributed by atoms with Crippen LogP contribution in [0.2, 0.25) is 0 Å². The topological polar surface area (TPSA) is 104 Å². The fraction of sp³-hybridized carbons (Fsp3) is 0.333. The second-order valence-corrected chi connectivity index (χ2v) is 11.6. The molecule has 1 amide bonds. The van der Waals surface area contributed by atoms with Crippen molar-refractivity contribution >= 4 is 40.5 Å². The number of oxazole rings is 2. The van der Waals surface area contributed by atoms with Gasteiger partial charge in [0.05, 0.1) is 11.9 Å². The molecule has 13 heteroatoms. The number of piperazine rings is 1. The number of nitrogens with zero attached hydrogens (tertiary/aromatic N) is 6. The monoisotopic (exact) mass is 631 g/mol. The first-order chi connectivity index (χ1) is 22.2. The fourth-order valence-electron chi connectivity index (χ4n) is 6.04. The summed E-state index contributed by atoms with van der Waals surface area (Å²) in [5, 5.41) is 2.49. The van der Waals surface area contributed by atoms with Gasteiger partial charge in [0.1, 0.15) is 11.3 Å². The lowest BCUT2D eigenvalue weighted by molar-refractivity contribution is -0.141. The Hall–Kier alpha value is -5.07. The molecule has 1 N–H and O–H groups in total. The van der Waals surface area contributed by atoms with E-state index in [9.17, 15) is 18.0 Å². The van der Waals surface area contributed by atoms with Gasteiger partial charge in [-0.1, -0.05) is 36.4 Å². The highest BCUT2D eigenvalue weighted by atomic mass is 19.4. The van der Waals surface area contributed by atoms with E-state index in [1.165, 1.54) is 11.8 Å². The largest absolute Gasteiger partial charge is 0.437 e. The Morgan fingerprint density at radius 3 is 2.24 bits per heavy atom. The van der Waals surface area contributed by atoms with Gasteiger partial charge in [-0.25, -0.2) is 4.98 Å². The van der Waals surface area contributed by atoms with Crippen LogP contribution in [0, 0.1) is 6.92 Å². The van der Waals surface area contributed by atoms with Crippen molar-refractivity contribution in [1.82, 2.24) is 15.0 Å². The molecule has 2 saturated heterocycles. The number of alkyl halides is 3. The SMILES string of the molecule is Cc1ccc2oc(N3CCN(c4ccc(NC(=O)c5oc(N6CCC(c7ccccc7)CC6)nc5C(F)(F)F)cn4)CC3)nc2c1. The number of nitrogens with one attached hydrogen (secondary N) is 1. The Bertz CT molecular complexity index is 1820. The molecule has 2 aliphatic heterocycles. The summed E-state index contributed by atoms with van der Waals surface area (Å²) in [5.41, 5.74) is 2.77. The number of hydrogen-bond donors (Lipinski definition) is 1. The van der Waals surface area contributed by atoms with Gasteiger partial charge in [0.25, 0.3) is 17.9 Å². The van der Waals surface area contributed by atoms with Crippen LogP contribution < -0.4 is 20.0 Å². The van der Waals surface area contributed by atoms with Gasteiger partial charge in [0.15, 0.2) is 11.3 Å². The lowest BCUT2D eigenvalue weighted by Gasteiger charge is -2.34. The summed E-state index contributed by atoms with van der Waals surface area (Å²) in [6.45, 7) is 5.61. The number of aromatic nitrogens is 3. The number of rotatable bonds is 6. The lowest BCUT2D eigenvalue weighted by atomic mass is 9.90. The molecule has 5 aromatic rings. The third-order valence-electron chi connectivity index (χ3n) is 8.54. The molecule has 10 nitrogen and oxygen atoms in total. The minimum absolute atomic E-state index is 0.204. The van der Waals surface area contributed by atoms with Crippen LogP contribution in [0.15, 0.2) is 75.7 Å². The van der Waals surface area contributed by atoms with E-state index in [-0.39, 0.29) is 11.7 Å². The standard InChI is InChI=1S/C33H32F3N7O3/c1-21-7-9-26-25(19-21)39-31(45-26)43-17-15-41(16-18-43)27-10-8-24(20-37-27)38-30(44)28-29(33(34,35)36)40-32(46-28)42-13-11-23(12-14-42)22-5-3-2-4-6-22/h2-10,19-20,23H,11-18H2,1H3,(H,38,44). The normalized spacial score (nSPS) is 16.3. The molecule has 2 fully saturated rings. The smallest absolute Gasteiger partial charge is 0.423 e. The summed E-state index contributed by atoms with van der Waals surface area (Å²) in [6, 6.07) is 19.6. The van der Waals surface area contributed by atoms with Gasteiger partial charge in [0.2, 0.25) is 5.76 Å². The zero-order valence-corrected chi connectivity index (χ0v) is 25.1. The summed E-state index contributed by atoms with van der Waals surface area (Å²) in [7, 11) is 0. The minimum Gasteiger partial charge on any atom is -0.423 e. The molecule has 0 aliphatic carbocycles. The second-order valence-electron chi connectivity index (χ2n) is 11.6. The Kier molecular flexibility index (Phi) is 7.75. The number of amides is 1. The van der Waals surface area contributed by atoms with Gasteiger partial charge < -0.3 is 28.9 Å². The van der Waals surface area contributed by atoms with Crippen molar-refractivity contribution in [3.05, 3.63) is 89.4 Å². The molecule has 0 spiro atoms. The van der Waals surface area contributed by atoms with Crippen molar-refractivity contribution in [3.8, 4) is 0 Å². The van der Waals surface area contributed by atoms with Gasteiger partial charge in [-0.15, -0.1) is 0 Å². The number of carbonyl (C=O) groups excluding carboxylic acids is 1. The molecular weight excluding hydrogens is 599 g/mol. The van der Waals surface area contributed by atoms with Gasteiger partial charge in [-0.2, -0.15) is 23.1 Å². The maximum Gasteiger partial charge on any atom is 0.437 e. The first-order valence-corrected chi connectivity index (χ1v) is 15.2. The molecule has 0 atom stereocenters. The van der Waals surface area contributed by atoms with Crippen molar-refractivity contribution in [3.63, 3.8) is 0 Å². The Morgan fingerprint density at radius 2 is 1.54 bits per heavy atom. The predicted molar refractivity (Wildman–Crippen MR) is 167 cm³/mol. The van der Waals surface area contributed by atoms with Crippen molar-refractivity contribution in [2.24, 2.45) is 0 Å². The van der Waals surface area contributed by atoms with Crippen molar-refractivity contribution in [2.45, 2.75) is 31.9 Å². The maximum absolute atomic E-state index is 13.9. The summed E-state index contributed by atoms with van der Waals surface area (Å²) in [6.07, 6.45) is -1.97. The van der Waals surface area contributed by atoms with E-state index in [4.69, 9.17) is 8.83 Å². The van der Waals surface area contributed by atoms with E-state index in [1.54, 1.807) is 17.0 Å². The van der Waals surface area contributed by atoms with Crippen LogP contribution in [0.4, 0.5) is 36.7 Å². The fourth-order valence-corrected chi connectivity index (χ4v) is 6.04. The molecule has 3 aromatic heterocycles. The zero-order valence-electron chi connectivity index (χ0n) is 25.1. The third kappa shape index (κ3) is 6.09. The van der Waals surface area contributed by atoms with E-state index in [1.807, 2.05) is 43.3 Å². The van der Waals surface area contributed by atoms with Crippen LogP contribution in [0.5, 0.6) is 0 Å². The van der Waals surface area contributed by atoms with E-state index < -0.39 is 23.5 Å². The number of pyridine rings is 1. The van der Waals surface area contributed by atoms with Crippen LogP contribution >= 0.6 is 0 Å². The minimum atomic E-state index is -4.86. The predicted octanol–water partition coefficient (Wildman–Crippen LogP) is 6.50. The summed E-state index contributed by atoms with van der Waals surface area (Å²) in [5.74, 6) is -0.929. The van der Waals surface area contributed by atoms with Crippen LogP contribution in [0.25, 0.3) is 11.1 Å². The highest BCUT2D eigenvalue weighted by Crippen LogP contribution is 2.36. The highest BCUT2D eigenvalue weighted by Gasteiger charge is 2.42. The lowest BCUT2D eigenvalue weighted by Crippen LogP contribution is -2.47. The molecule has 0 radical (unpaired) electrons. The van der Waals surface area contributed by atoms with Crippen LogP contribution in [-0.2, 0) is 6.18 Å². The number of anilines is 4. The summed E-state index contributed by atoms with van der Waals surface area (Å²) < 4.78 is 53.2. The second kappa shape index (κ2) is 12.0. The molecule has 2 aliphatic rings. The van der Waals surface area contributed by atoms with Crippen LogP contribution in [0.3, 0.4) is 0 Å². The van der Waals surface area contributed by atoms with E-state index in [2.05, 4.69) is 42.2 Å². The van der Waals surface area contributed by atoms with E-state index in [0.29, 0.717) is 57.0 Å². The number of piperidine rings is 1. The number of aryl methyl sites for hydroxylation is 1. The van der Waals surface area contributed by atoms with Gasteiger partial charge >= 0.3 is 6.18 Å². The maximum atomic E-state index is 13.9. The average Bonchev–Trinajstić information content (AvgIpc) is 3.71. The number of benzene rings is 2. The van der Waals surface area contributed by atoms with Crippen LogP contribution in [0.1, 0.15) is 46.1 Å². The number of halogens is 3. The van der Waals surface area contributed by atoms with Crippen molar-refractivity contribution in [1.29, 1.82) is 0 Å². The third-order valence-corrected chi connectivity index (χ3v) is 8.54. The molecule has 7 rings (SSSR count). The molecule has 0 unspecified atom stereocenters. The quantitative estimate of drug-likeness (QED) is 0.225. The van der Waals surface area contributed by atoms with Crippen molar-refractivity contribution < 1.29 is 26.8 Å². The Morgan fingerprint density at radius 1 is 0.848 bits per heavy atom. The number of hydrogen-bond acceptors (Lipinski definition) is 9. The van der Waals surface area contributed by atoms with E-state index >= 15 is 0 Å². The summed E-state index contributed by atoms with van der Waals surface area (Å²) in [4.78, 5) is 31.6. The molecular formula is C33H32F3N7O3. The molecule has 238 valence electrons. The molecule has 5 heterocycles. The first-order valence-electron chi connectivity index (χ1n) is 15.2. The van der Waals surface area contributed by atoms with Gasteiger partial charge in [-0.3, -0.25) is 4.79 Å².